The first-order valence-electron chi connectivity index (χ1n) is 7.04. The molecule has 0 spiro atoms. The predicted octanol–water partition coefficient (Wildman–Crippen LogP) is 4.30. The summed E-state index contributed by atoms with van der Waals surface area (Å²) in [5.41, 5.74) is 1.13. The summed E-state index contributed by atoms with van der Waals surface area (Å²) in [5, 5.41) is 10.7. The quantitative estimate of drug-likeness (QED) is 0.638. The largest absolute Gasteiger partial charge is 0.457 e. The third kappa shape index (κ3) is 5.06. The van der Waals surface area contributed by atoms with E-state index in [0.717, 1.165) is 28.5 Å². The van der Waals surface area contributed by atoms with E-state index in [-0.39, 0.29) is 5.91 Å². The molecule has 2 rings (SSSR count). The summed E-state index contributed by atoms with van der Waals surface area (Å²) in [7, 11) is 0. The Bertz CT molecular complexity index is 611. The smallest absolute Gasteiger partial charge is 0.242 e. The van der Waals surface area contributed by atoms with Gasteiger partial charge in [0.05, 0.1) is 0 Å². The van der Waals surface area contributed by atoms with Gasteiger partial charge in [0.2, 0.25) is 5.91 Å². The van der Waals surface area contributed by atoms with Gasteiger partial charge in [0, 0.05) is 18.5 Å². The van der Waals surface area contributed by atoms with Gasteiger partial charge in [0.15, 0.2) is 0 Å². The minimum Gasteiger partial charge on any atom is -0.457 e. The Morgan fingerprint density at radius 2 is 1.64 bits per heavy atom. The lowest BCUT2D eigenvalue weighted by atomic mass is 10.1. The van der Waals surface area contributed by atoms with Crippen molar-refractivity contribution in [3.63, 3.8) is 0 Å². The van der Waals surface area contributed by atoms with Gasteiger partial charge >= 0.3 is 0 Å². The van der Waals surface area contributed by atoms with E-state index in [2.05, 4.69) is 0 Å². The molecule has 22 heavy (non-hydrogen) atoms. The Labute approximate surface area is 134 Å². The molecular formula is C17H18ClNO3. The van der Waals surface area contributed by atoms with Crippen molar-refractivity contribution in [2.75, 3.05) is 6.54 Å². The number of aryl methyl sites for hydroxylation is 1. The fraction of sp³-hybridized carbons (Fsp3) is 0.235. The van der Waals surface area contributed by atoms with Gasteiger partial charge in [-0.15, -0.1) is 0 Å². The summed E-state index contributed by atoms with van der Waals surface area (Å²) in [6, 6.07) is 14.9. The number of hydrogen-bond acceptors (Lipinski definition) is 3. The summed E-state index contributed by atoms with van der Waals surface area (Å²) in [4.78, 5) is 10.9. The number of halogens is 1. The molecule has 0 saturated heterocycles. The van der Waals surface area contributed by atoms with Crippen LogP contribution in [-0.2, 0) is 11.2 Å². The standard InChI is InChI=1S/C17H18ClNO3/c1-13(20)19(21)12-2-3-14-4-8-16(9-5-14)22-17-10-6-15(18)7-11-17/h4-11,21H,2-3,12H2,1H3. The van der Waals surface area contributed by atoms with Crippen LogP contribution in [0.1, 0.15) is 18.9 Å². The minimum absolute atomic E-state index is 0.332. The van der Waals surface area contributed by atoms with E-state index in [0.29, 0.717) is 18.0 Å². The van der Waals surface area contributed by atoms with Crippen LogP contribution in [0.4, 0.5) is 0 Å². The Morgan fingerprint density at radius 3 is 2.18 bits per heavy atom. The highest BCUT2D eigenvalue weighted by Gasteiger charge is 2.04. The van der Waals surface area contributed by atoms with Gasteiger partial charge in [-0.1, -0.05) is 23.7 Å². The number of nitrogens with zero attached hydrogens (tertiary/aromatic N) is 1. The molecule has 0 atom stereocenters. The molecule has 2 aromatic rings. The summed E-state index contributed by atoms with van der Waals surface area (Å²) < 4.78 is 5.71. The molecule has 0 aromatic heterocycles. The Kier molecular flexibility index (Phi) is 5.81. The summed E-state index contributed by atoms with van der Waals surface area (Å²) in [6.45, 7) is 1.67. The van der Waals surface area contributed by atoms with Crippen LogP contribution < -0.4 is 4.74 Å². The summed E-state index contributed by atoms with van der Waals surface area (Å²) in [6.07, 6.45) is 1.49. The minimum atomic E-state index is -0.341. The zero-order valence-corrected chi connectivity index (χ0v) is 13.1. The van der Waals surface area contributed by atoms with Crippen LogP contribution in [0.5, 0.6) is 11.5 Å². The first-order valence-corrected chi connectivity index (χ1v) is 7.42. The highest BCUT2D eigenvalue weighted by atomic mass is 35.5. The predicted molar refractivity (Wildman–Crippen MR) is 85.5 cm³/mol. The lowest BCUT2D eigenvalue weighted by Crippen LogP contribution is -2.25. The Hall–Kier alpha value is -2.04. The van der Waals surface area contributed by atoms with Gasteiger partial charge in [0.1, 0.15) is 11.5 Å². The van der Waals surface area contributed by atoms with Crippen LogP contribution in [0.25, 0.3) is 0 Å². The molecule has 0 unspecified atom stereocenters. The van der Waals surface area contributed by atoms with Gasteiger partial charge < -0.3 is 4.74 Å². The van der Waals surface area contributed by atoms with Gasteiger partial charge in [-0.25, -0.2) is 5.06 Å². The molecule has 0 aliphatic rings. The molecule has 0 fully saturated rings. The van der Waals surface area contributed by atoms with Crippen molar-refractivity contribution >= 4 is 17.5 Å². The second-order valence-corrected chi connectivity index (χ2v) is 5.38. The van der Waals surface area contributed by atoms with Gasteiger partial charge in [-0.05, 0) is 54.8 Å². The maximum Gasteiger partial charge on any atom is 0.242 e. The molecular weight excluding hydrogens is 302 g/mol. The highest BCUT2D eigenvalue weighted by molar-refractivity contribution is 6.30. The van der Waals surface area contributed by atoms with E-state index in [4.69, 9.17) is 16.3 Å². The van der Waals surface area contributed by atoms with Crippen LogP contribution in [-0.4, -0.2) is 22.7 Å². The number of benzene rings is 2. The van der Waals surface area contributed by atoms with Crippen molar-refractivity contribution in [1.29, 1.82) is 0 Å². The molecule has 1 N–H and O–H groups in total. The first kappa shape index (κ1) is 16.3. The molecule has 0 aliphatic carbocycles. The fourth-order valence-corrected chi connectivity index (χ4v) is 2.08. The van der Waals surface area contributed by atoms with Crippen molar-refractivity contribution in [2.24, 2.45) is 0 Å². The number of amides is 1. The first-order chi connectivity index (χ1) is 10.5. The topological polar surface area (TPSA) is 49.8 Å². The third-order valence-electron chi connectivity index (χ3n) is 3.17. The summed E-state index contributed by atoms with van der Waals surface area (Å²) >= 11 is 5.83. The highest BCUT2D eigenvalue weighted by Crippen LogP contribution is 2.23. The van der Waals surface area contributed by atoms with Gasteiger partial charge in [-0.2, -0.15) is 0 Å². The molecule has 0 saturated carbocycles. The molecule has 0 bridgehead atoms. The van der Waals surface area contributed by atoms with E-state index in [9.17, 15) is 10.0 Å². The Balaban J connectivity index is 1.85. The molecule has 4 nitrogen and oxygen atoms in total. The van der Waals surface area contributed by atoms with Crippen molar-refractivity contribution in [3.05, 3.63) is 59.1 Å². The van der Waals surface area contributed by atoms with Crippen LogP contribution in [0, 0.1) is 0 Å². The lowest BCUT2D eigenvalue weighted by molar-refractivity contribution is -0.162. The lowest BCUT2D eigenvalue weighted by Gasteiger charge is -2.12. The van der Waals surface area contributed by atoms with Crippen LogP contribution in [0.2, 0.25) is 5.02 Å². The maximum absolute atomic E-state index is 10.9. The van der Waals surface area contributed by atoms with Crippen molar-refractivity contribution < 1.29 is 14.7 Å². The number of hydrogen-bond donors (Lipinski definition) is 1. The van der Waals surface area contributed by atoms with Gasteiger partial charge in [0.25, 0.3) is 0 Å². The third-order valence-corrected chi connectivity index (χ3v) is 3.42. The fourth-order valence-electron chi connectivity index (χ4n) is 1.95. The number of rotatable bonds is 6. The van der Waals surface area contributed by atoms with Crippen molar-refractivity contribution in [1.82, 2.24) is 5.06 Å². The molecule has 0 radical (unpaired) electrons. The van der Waals surface area contributed by atoms with E-state index in [1.165, 1.54) is 6.92 Å². The van der Waals surface area contributed by atoms with Crippen molar-refractivity contribution in [2.45, 2.75) is 19.8 Å². The average Bonchev–Trinajstić information content (AvgIpc) is 2.51. The zero-order chi connectivity index (χ0) is 15.9. The second-order valence-electron chi connectivity index (χ2n) is 4.95. The monoisotopic (exact) mass is 319 g/mol. The molecule has 116 valence electrons. The summed E-state index contributed by atoms with van der Waals surface area (Å²) in [5.74, 6) is 1.14. The van der Waals surface area contributed by atoms with Crippen LogP contribution in [0.3, 0.4) is 0 Å². The maximum atomic E-state index is 10.9. The van der Waals surface area contributed by atoms with Gasteiger partial charge in [-0.3, -0.25) is 10.0 Å². The molecule has 1 amide bonds. The normalized spacial score (nSPS) is 10.3. The molecule has 5 heteroatoms. The zero-order valence-electron chi connectivity index (χ0n) is 12.3. The average molecular weight is 320 g/mol. The number of ether oxygens (including phenoxy) is 1. The second kappa shape index (κ2) is 7.82. The number of carbonyl (C=O) groups is 1. The SMILES string of the molecule is CC(=O)N(O)CCCc1ccc(Oc2ccc(Cl)cc2)cc1. The number of carbonyl (C=O) groups excluding carboxylic acids is 1. The van der Waals surface area contributed by atoms with E-state index >= 15 is 0 Å². The van der Waals surface area contributed by atoms with E-state index in [1.807, 2.05) is 36.4 Å². The van der Waals surface area contributed by atoms with E-state index in [1.54, 1.807) is 12.1 Å². The van der Waals surface area contributed by atoms with Crippen molar-refractivity contribution in [3.8, 4) is 11.5 Å². The molecule has 2 aromatic carbocycles. The number of hydroxylamine groups is 2. The molecule has 0 heterocycles. The van der Waals surface area contributed by atoms with Crippen LogP contribution in [0.15, 0.2) is 48.5 Å². The molecule has 0 aliphatic heterocycles. The van der Waals surface area contributed by atoms with E-state index < -0.39 is 0 Å². The van der Waals surface area contributed by atoms with Crippen LogP contribution >= 0.6 is 11.6 Å². The Morgan fingerprint density at radius 1 is 1.09 bits per heavy atom.